The maximum Gasteiger partial charge on any atom is 0.260 e. The minimum atomic E-state index is -0.527. The average molecular weight is 381 g/mol. The zero-order valence-corrected chi connectivity index (χ0v) is 15.3. The number of halogens is 1. The van der Waals surface area contributed by atoms with E-state index >= 15 is 0 Å². The maximum absolute atomic E-state index is 14.0. The summed E-state index contributed by atoms with van der Waals surface area (Å²) in [6.07, 6.45) is 0. The number of hydrogen-bond acceptors (Lipinski definition) is 7. The highest BCUT2D eigenvalue weighted by atomic mass is 19.1. The predicted octanol–water partition coefficient (Wildman–Crippen LogP) is 3.07. The third kappa shape index (κ3) is 2.96. The highest BCUT2D eigenvalue weighted by Gasteiger charge is 2.13. The lowest BCUT2D eigenvalue weighted by atomic mass is 10.2. The quantitative estimate of drug-likeness (QED) is 0.560. The Morgan fingerprint density at radius 1 is 1.04 bits per heavy atom. The molecule has 0 aliphatic carbocycles. The molecule has 0 atom stereocenters. The summed E-state index contributed by atoms with van der Waals surface area (Å²) in [5.41, 5.74) is 1.09. The Bertz CT molecular complexity index is 1270. The van der Waals surface area contributed by atoms with E-state index in [1.807, 2.05) is 0 Å². The molecule has 8 nitrogen and oxygen atoms in total. The van der Waals surface area contributed by atoms with E-state index in [1.54, 1.807) is 31.2 Å². The fourth-order valence-electron chi connectivity index (χ4n) is 2.96. The molecule has 2 aromatic heterocycles. The van der Waals surface area contributed by atoms with Gasteiger partial charge in [-0.05, 0) is 25.1 Å². The first-order valence-corrected chi connectivity index (χ1v) is 8.36. The highest BCUT2D eigenvalue weighted by molar-refractivity contribution is 5.85. The molecule has 9 heteroatoms. The summed E-state index contributed by atoms with van der Waals surface area (Å²) in [6.45, 7) is 1.77. The van der Waals surface area contributed by atoms with Crippen LogP contribution in [-0.2, 0) is 0 Å². The van der Waals surface area contributed by atoms with Crippen LogP contribution < -0.4 is 20.3 Å². The molecular weight excluding hydrogens is 365 g/mol. The molecule has 28 heavy (non-hydrogen) atoms. The Hall–Kier alpha value is -3.75. The number of rotatable bonds is 4. The van der Waals surface area contributed by atoms with Crippen molar-refractivity contribution in [2.45, 2.75) is 6.92 Å². The molecule has 0 spiro atoms. The summed E-state index contributed by atoms with van der Waals surface area (Å²) in [4.78, 5) is 28.1. The molecule has 4 aromatic rings. The van der Waals surface area contributed by atoms with Crippen LogP contribution in [0.3, 0.4) is 0 Å². The number of fused-ring (bicyclic) bond motifs is 2. The lowest BCUT2D eigenvalue weighted by molar-refractivity contribution is 0.387. The Morgan fingerprint density at radius 3 is 2.57 bits per heavy atom. The number of ether oxygens (including phenoxy) is 2. The molecule has 0 amide bonds. The molecule has 2 heterocycles. The summed E-state index contributed by atoms with van der Waals surface area (Å²) in [7, 11) is 2.90. The summed E-state index contributed by atoms with van der Waals surface area (Å²) < 4.78 is 24.3. The fraction of sp³-hybridized carbons (Fsp3) is 0.158. The third-order valence-electron chi connectivity index (χ3n) is 4.31. The van der Waals surface area contributed by atoms with E-state index in [1.165, 1.54) is 20.3 Å². The Kier molecular flexibility index (Phi) is 4.26. The molecule has 0 saturated carbocycles. The first-order valence-electron chi connectivity index (χ1n) is 8.36. The number of hydrogen-bond donors (Lipinski definition) is 2. The van der Waals surface area contributed by atoms with E-state index in [0.717, 1.165) is 0 Å². The Labute approximate surface area is 158 Å². The van der Waals surface area contributed by atoms with Crippen molar-refractivity contribution in [3.05, 3.63) is 52.2 Å². The van der Waals surface area contributed by atoms with Crippen LogP contribution in [-0.4, -0.2) is 34.2 Å². The van der Waals surface area contributed by atoms with Gasteiger partial charge in [-0.25, -0.2) is 19.3 Å². The second-order valence-corrected chi connectivity index (χ2v) is 6.03. The van der Waals surface area contributed by atoms with E-state index in [2.05, 4.69) is 25.3 Å². The zero-order valence-electron chi connectivity index (χ0n) is 15.3. The number of H-pyrrole nitrogens is 1. The third-order valence-corrected chi connectivity index (χ3v) is 4.31. The van der Waals surface area contributed by atoms with Gasteiger partial charge in [-0.1, -0.05) is 6.07 Å². The Balaban J connectivity index is 1.81. The van der Waals surface area contributed by atoms with Crippen LogP contribution in [0.2, 0.25) is 0 Å². The van der Waals surface area contributed by atoms with Gasteiger partial charge < -0.3 is 9.47 Å². The standard InChI is InChI=1S/C19H16FN5O3/c1-9-11-7-15(28-3)12(20)8-13(11)22-18(21-9)25-19-23-16-10(17(26)24-19)5-4-6-14(16)27-2/h4-8H,1-3H3,(H2,21,22,23,24,25,26). The molecule has 2 aromatic carbocycles. The van der Waals surface area contributed by atoms with Crippen molar-refractivity contribution in [1.29, 1.82) is 0 Å². The van der Waals surface area contributed by atoms with Gasteiger partial charge in [0.05, 0.1) is 30.8 Å². The summed E-state index contributed by atoms with van der Waals surface area (Å²) in [5, 5.41) is 3.93. The van der Waals surface area contributed by atoms with Crippen molar-refractivity contribution >= 4 is 33.7 Å². The molecular formula is C19H16FN5O3. The van der Waals surface area contributed by atoms with E-state index in [9.17, 15) is 9.18 Å². The molecule has 0 unspecified atom stereocenters. The number of aromatic nitrogens is 4. The number of aromatic amines is 1. The molecule has 0 aliphatic heterocycles. The number of benzene rings is 2. The monoisotopic (exact) mass is 381 g/mol. The van der Waals surface area contributed by atoms with Crippen LogP contribution in [0.4, 0.5) is 16.3 Å². The topological polar surface area (TPSA) is 102 Å². The molecule has 2 N–H and O–H groups in total. The second-order valence-electron chi connectivity index (χ2n) is 6.03. The Morgan fingerprint density at radius 2 is 1.82 bits per heavy atom. The number of aryl methyl sites for hydroxylation is 1. The number of methoxy groups -OCH3 is 2. The van der Waals surface area contributed by atoms with Gasteiger partial charge in [0.1, 0.15) is 11.3 Å². The van der Waals surface area contributed by atoms with Gasteiger partial charge in [-0.3, -0.25) is 15.1 Å². The number of nitrogens with one attached hydrogen (secondary N) is 2. The average Bonchev–Trinajstić information content (AvgIpc) is 2.67. The van der Waals surface area contributed by atoms with Crippen LogP contribution >= 0.6 is 0 Å². The summed E-state index contributed by atoms with van der Waals surface area (Å²) in [5.74, 6) is 0.381. The van der Waals surface area contributed by atoms with Gasteiger partial charge >= 0.3 is 0 Å². The van der Waals surface area contributed by atoms with E-state index in [-0.39, 0.29) is 23.2 Å². The van der Waals surface area contributed by atoms with Gasteiger partial charge in [-0.15, -0.1) is 0 Å². The largest absolute Gasteiger partial charge is 0.494 e. The van der Waals surface area contributed by atoms with Crippen LogP contribution in [0.1, 0.15) is 5.69 Å². The van der Waals surface area contributed by atoms with Crippen LogP contribution in [0, 0.1) is 12.7 Å². The smallest absolute Gasteiger partial charge is 0.260 e. The van der Waals surface area contributed by atoms with Gasteiger partial charge in [0, 0.05) is 11.5 Å². The van der Waals surface area contributed by atoms with Crippen molar-refractivity contribution in [3.63, 3.8) is 0 Å². The van der Waals surface area contributed by atoms with Gasteiger partial charge in [0.2, 0.25) is 11.9 Å². The minimum absolute atomic E-state index is 0.118. The second kappa shape index (κ2) is 6.76. The number of para-hydroxylation sites is 1. The summed E-state index contributed by atoms with van der Waals surface area (Å²) in [6, 6.07) is 7.90. The SMILES string of the molecule is COc1cc2c(C)nc(Nc3nc4c(OC)cccc4c(=O)[nH]3)nc2cc1F. The maximum atomic E-state index is 14.0. The molecule has 0 aliphatic rings. The zero-order chi connectivity index (χ0) is 19.8. The van der Waals surface area contributed by atoms with Crippen molar-refractivity contribution < 1.29 is 13.9 Å². The molecule has 142 valence electrons. The van der Waals surface area contributed by atoms with Gasteiger partial charge in [0.25, 0.3) is 5.56 Å². The predicted molar refractivity (Wildman–Crippen MR) is 103 cm³/mol. The van der Waals surface area contributed by atoms with Crippen LogP contribution in [0.15, 0.2) is 35.1 Å². The van der Waals surface area contributed by atoms with Gasteiger partial charge in [-0.2, -0.15) is 0 Å². The number of anilines is 2. The molecule has 0 radical (unpaired) electrons. The van der Waals surface area contributed by atoms with Crippen molar-refractivity contribution in [1.82, 2.24) is 19.9 Å². The first-order chi connectivity index (χ1) is 13.5. The number of nitrogens with zero attached hydrogens (tertiary/aromatic N) is 3. The summed E-state index contributed by atoms with van der Waals surface area (Å²) >= 11 is 0. The molecule has 0 saturated heterocycles. The minimum Gasteiger partial charge on any atom is -0.494 e. The normalized spacial score (nSPS) is 11.0. The van der Waals surface area contributed by atoms with Crippen molar-refractivity contribution in [3.8, 4) is 11.5 Å². The lowest BCUT2D eigenvalue weighted by Crippen LogP contribution is -2.13. The van der Waals surface area contributed by atoms with E-state index in [4.69, 9.17) is 9.47 Å². The van der Waals surface area contributed by atoms with Crippen LogP contribution in [0.5, 0.6) is 11.5 Å². The lowest BCUT2D eigenvalue weighted by Gasteiger charge is -2.10. The molecule has 0 bridgehead atoms. The van der Waals surface area contributed by atoms with Crippen molar-refractivity contribution in [2.75, 3.05) is 19.5 Å². The van der Waals surface area contributed by atoms with Crippen LogP contribution in [0.25, 0.3) is 21.8 Å². The van der Waals surface area contributed by atoms with E-state index in [0.29, 0.717) is 33.2 Å². The van der Waals surface area contributed by atoms with Crippen molar-refractivity contribution in [2.24, 2.45) is 0 Å². The van der Waals surface area contributed by atoms with E-state index < -0.39 is 5.82 Å². The van der Waals surface area contributed by atoms with Gasteiger partial charge in [0.15, 0.2) is 11.6 Å². The fourth-order valence-corrected chi connectivity index (χ4v) is 2.96. The highest BCUT2D eigenvalue weighted by Crippen LogP contribution is 2.27. The molecule has 4 rings (SSSR count). The first kappa shape index (κ1) is 17.7. The molecule has 0 fully saturated rings.